The van der Waals surface area contributed by atoms with Crippen LogP contribution >= 0.6 is 0 Å². The second-order valence-corrected chi connectivity index (χ2v) is 8.22. The van der Waals surface area contributed by atoms with Gasteiger partial charge in [0.2, 0.25) is 11.8 Å². The third-order valence-corrected chi connectivity index (χ3v) is 5.92. The summed E-state index contributed by atoms with van der Waals surface area (Å²) in [5, 5.41) is 32.0. The highest BCUT2D eigenvalue weighted by atomic mass is 16.4. The number of aliphatic carboxylic acids is 1. The number of benzene rings is 2. The molecule has 4 rings (SSSR count). The van der Waals surface area contributed by atoms with E-state index in [0.717, 1.165) is 5.56 Å². The summed E-state index contributed by atoms with van der Waals surface area (Å²) in [4.78, 5) is 38.7. The molecular weight excluding hydrogens is 438 g/mol. The van der Waals surface area contributed by atoms with Crippen LogP contribution in [0.25, 0.3) is 5.69 Å². The molecule has 2 atom stereocenters. The molecule has 0 radical (unpaired) electrons. The van der Waals surface area contributed by atoms with Crippen LogP contribution in [0.5, 0.6) is 11.8 Å². The predicted octanol–water partition coefficient (Wildman–Crippen LogP) is 2.19. The molecule has 0 spiro atoms. The van der Waals surface area contributed by atoms with Crippen molar-refractivity contribution in [2.24, 2.45) is 0 Å². The molecule has 1 fully saturated rings. The average Bonchev–Trinajstić information content (AvgIpc) is 3.35. The standard InChI is InChI=1S/C25H25N3O6/c29-21-11-10-20(27(21)15-17-4-2-1-3-5-17)24(32)26-19(25(33)34)14-16-6-8-18(9-7-16)28-22(30)12-13-23(28)31/h1-9,12-13,19-20,30-31H,10-11,14-15H2,(H,26,32)(H,33,34)/t19-,20-/m0/s1. The van der Waals surface area contributed by atoms with Gasteiger partial charge in [0.05, 0.1) is 5.69 Å². The number of carboxylic acids is 1. The van der Waals surface area contributed by atoms with Crippen LogP contribution < -0.4 is 5.32 Å². The largest absolute Gasteiger partial charge is 0.494 e. The molecule has 0 saturated carbocycles. The Balaban J connectivity index is 1.44. The minimum absolute atomic E-state index is 0.0321. The summed E-state index contributed by atoms with van der Waals surface area (Å²) >= 11 is 0. The maximum Gasteiger partial charge on any atom is 0.326 e. The molecule has 9 heteroatoms. The molecule has 2 aromatic carbocycles. The SMILES string of the molecule is O=C(O)[C@H](Cc1ccc(-n2c(O)ccc2O)cc1)NC(=O)[C@@H]1CCC(=O)N1Cc1ccccc1. The van der Waals surface area contributed by atoms with Gasteiger partial charge in [0.15, 0.2) is 11.8 Å². The topological polar surface area (TPSA) is 132 Å². The molecule has 1 aliphatic heterocycles. The second-order valence-electron chi connectivity index (χ2n) is 8.22. The molecule has 9 nitrogen and oxygen atoms in total. The smallest absolute Gasteiger partial charge is 0.326 e. The highest BCUT2D eigenvalue weighted by molar-refractivity contribution is 5.93. The lowest BCUT2D eigenvalue weighted by Gasteiger charge is -2.26. The van der Waals surface area contributed by atoms with Crippen LogP contribution in [0, 0.1) is 0 Å². The van der Waals surface area contributed by atoms with Crippen molar-refractivity contribution in [3.05, 3.63) is 77.9 Å². The Morgan fingerprint density at radius 3 is 2.21 bits per heavy atom. The van der Waals surface area contributed by atoms with Gasteiger partial charge in [0.1, 0.15) is 12.1 Å². The van der Waals surface area contributed by atoms with Crippen LogP contribution in [0.1, 0.15) is 24.0 Å². The number of nitrogens with zero attached hydrogens (tertiary/aromatic N) is 2. The van der Waals surface area contributed by atoms with E-state index in [1.165, 1.54) is 21.6 Å². The highest BCUT2D eigenvalue weighted by Gasteiger charge is 2.37. The molecule has 1 aromatic heterocycles. The van der Waals surface area contributed by atoms with Gasteiger partial charge in [0.25, 0.3) is 0 Å². The molecule has 34 heavy (non-hydrogen) atoms. The van der Waals surface area contributed by atoms with Crippen LogP contribution in [-0.2, 0) is 27.3 Å². The number of hydrogen-bond acceptors (Lipinski definition) is 5. The zero-order chi connectivity index (χ0) is 24.2. The van der Waals surface area contributed by atoms with E-state index < -0.39 is 24.0 Å². The number of carbonyl (C=O) groups excluding carboxylic acids is 2. The van der Waals surface area contributed by atoms with Gasteiger partial charge in [-0.05, 0) is 29.7 Å². The Bertz CT molecular complexity index is 1170. The van der Waals surface area contributed by atoms with Crippen molar-refractivity contribution in [2.75, 3.05) is 0 Å². The van der Waals surface area contributed by atoms with Crippen molar-refractivity contribution in [2.45, 2.75) is 37.9 Å². The third kappa shape index (κ3) is 4.88. The molecule has 0 bridgehead atoms. The first-order chi connectivity index (χ1) is 16.3. The number of likely N-dealkylation sites (tertiary alicyclic amines) is 1. The summed E-state index contributed by atoms with van der Waals surface area (Å²) in [5.41, 5.74) is 2.04. The van der Waals surface area contributed by atoms with Crippen molar-refractivity contribution in [3.8, 4) is 17.4 Å². The first kappa shape index (κ1) is 22.9. The van der Waals surface area contributed by atoms with E-state index in [-0.39, 0.29) is 37.1 Å². The number of nitrogens with one attached hydrogen (secondary N) is 1. The van der Waals surface area contributed by atoms with Gasteiger partial charge in [-0.25, -0.2) is 4.79 Å². The van der Waals surface area contributed by atoms with Crippen molar-refractivity contribution in [1.82, 2.24) is 14.8 Å². The highest BCUT2D eigenvalue weighted by Crippen LogP contribution is 2.27. The molecule has 2 amide bonds. The summed E-state index contributed by atoms with van der Waals surface area (Å²) in [7, 11) is 0. The fourth-order valence-electron chi connectivity index (χ4n) is 4.15. The minimum Gasteiger partial charge on any atom is -0.494 e. The second kappa shape index (κ2) is 9.70. The van der Waals surface area contributed by atoms with E-state index in [2.05, 4.69) is 5.32 Å². The fourth-order valence-corrected chi connectivity index (χ4v) is 4.15. The van der Waals surface area contributed by atoms with Gasteiger partial charge < -0.3 is 25.5 Å². The fraction of sp³-hybridized carbons (Fsp3) is 0.240. The zero-order valence-electron chi connectivity index (χ0n) is 18.3. The molecular formula is C25H25N3O6. The van der Waals surface area contributed by atoms with Crippen molar-refractivity contribution in [3.63, 3.8) is 0 Å². The molecule has 0 unspecified atom stereocenters. The summed E-state index contributed by atoms with van der Waals surface area (Å²) in [6.45, 7) is 0.288. The molecule has 1 aliphatic rings. The van der Waals surface area contributed by atoms with E-state index >= 15 is 0 Å². The summed E-state index contributed by atoms with van der Waals surface area (Å²) in [5.74, 6) is -2.08. The van der Waals surface area contributed by atoms with Gasteiger partial charge in [-0.1, -0.05) is 42.5 Å². The van der Waals surface area contributed by atoms with Crippen molar-refractivity contribution < 1.29 is 29.7 Å². The van der Waals surface area contributed by atoms with Gasteiger partial charge in [-0.2, -0.15) is 0 Å². The summed E-state index contributed by atoms with van der Waals surface area (Å²) in [6, 6.07) is 16.7. The minimum atomic E-state index is -1.18. The molecule has 0 aliphatic carbocycles. The van der Waals surface area contributed by atoms with E-state index in [1.54, 1.807) is 24.3 Å². The Hall–Kier alpha value is -4.27. The number of amides is 2. The zero-order valence-corrected chi connectivity index (χ0v) is 18.3. The summed E-state index contributed by atoms with van der Waals surface area (Å²) < 4.78 is 1.23. The molecule has 4 N–H and O–H groups in total. The first-order valence-electron chi connectivity index (χ1n) is 10.9. The van der Waals surface area contributed by atoms with E-state index in [1.807, 2.05) is 30.3 Å². The maximum absolute atomic E-state index is 13.0. The predicted molar refractivity (Wildman–Crippen MR) is 122 cm³/mol. The molecule has 2 heterocycles. The van der Waals surface area contributed by atoms with E-state index in [4.69, 9.17) is 0 Å². The van der Waals surface area contributed by atoms with Crippen LogP contribution in [-0.4, -0.2) is 54.7 Å². The lowest BCUT2D eigenvalue weighted by molar-refractivity contribution is -0.143. The number of hydrogen-bond donors (Lipinski definition) is 4. The normalized spacial score (nSPS) is 16.4. The van der Waals surface area contributed by atoms with Crippen LogP contribution in [0.4, 0.5) is 0 Å². The monoisotopic (exact) mass is 463 g/mol. The van der Waals surface area contributed by atoms with Crippen LogP contribution in [0.15, 0.2) is 66.7 Å². The Morgan fingerprint density at radius 2 is 1.59 bits per heavy atom. The Morgan fingerprint density at radius 1 is 0.941 bits per heavy atom. The Kier molecular flexibility index (Phi) is 6.53. The quantitative estimate of drug-likeness (QED) is 0.405. The lowest BCUT2D eigenvalue weighted by Crippen LogP contribution is -2.50. The molecule has 176 valence electrons. The lowest BCUT2D eigenvalue weighted by atomic mass is 10.0. The third-order valence-electron chi connectivity index (χ3n) is 5.92. The van der Waals surface area contributed by atoms with E-state index in [9.17, 15) is 29.7 Å². The maximum atomic E-state index is 13.0. The van der Waals surface area contributed by atoms with Crippen LogP contribution in [0.3, 0.4) is 0 Å². The van der Waals surface area contributed by atoms with Gasteiger partial charge in [-0.15, -0.1) is 0 Å². The number of aromatic nitrogens is 1. The average molecular weight is 463 g/mol. The Labute approximate surface area is 195 Å². The molecule has 3 aromatic rings. The number of rotatable bonds is 8. The van der Waals surface area contributed by atoms with E-state index in [0.29, 0.717) is 17.7 Å². The number of aromatic hydroxyl groups is 2. The van der Waals surface area contributed by atoms with Gasteiger partial charge in [-0.3, -0.25) is 14.2 Å². The van der Waals surface area contributed by atoms with Crippen LogP contribution in [0.2, 0.25) is 0 Å². The first-order valence-corrected chi connectivity index (χ1v) is 10.9. The van der Waals surface area contributed by atoms with Crippen molar-refractivity contribution >= 4 is 17.8 Å². The number of carbonyl (C=O) groups is 3. The van der Waals surface area contributed by atoms with Gasteiger partial charge in [0, 0.05) is 31.5 Å². The van der Waals surface area contributed by atoms with Crippen molar-refractivity contribution in [1.29, 1.82) is 0 Å². The molecule has 1 saturated heterocycles. The summed E-state index contributed by atoms with van der Waals surface area (Å²) in [6.07, 6.45) is 0.607. The number of carboxylic acid groups (broad SMARTS) is 1. The van der Waals surface area contributed by atoms with Gasteiger partial charge >= 0.3 is 5.97 Å².